The zero-order chi connectivity index (χ0) is 15.2. The lowest BCUT2D eigenvalue weighted by Gasteiger charge is -2.14. The van der Waals surface area contributed by atoms with Crippen LogP contribution in [0, 0.1) is 10.1 Å². The molecule has 0 heterocycles. The largest absolute Gasteiger partial charge is 0.385 e. The van der Waals surface area contributed by atoms with E-state index in [-0.39, 0.29) is 10.6 Å². The van der Waals surface area contributed by atoms with E-state index in [0.717, 1.165) is 29.9 Å². The summed E-state index contributed by atoms with van der Waals surface area (Å²) in [5.74, 6) is 0. The van der Waals surface area contributed by atoms with Crippen molar-refractivity contribution in [3.63, 3.8) is 0 Å². The highest BCUT2D eigenvalue weighted by molar-refractivity contribution is 5.57. The Morgan fingerprint density at radius 3 is 2.48 bits per heavy atom. The Labute approximate surface area is 124 Å². The average molecular weight is 285 g/mol. The monoisotopic (exact) mass is 285 g/mol. The molecule has 0 saturated carbocycles. The number of nitrogens with zero attached hydrogens (tertiary/aromatic N) is 2. The van der Waals surface area contributed by atoms with Crippen LogP contribution in [0.5, 0.6) is 0 Å². The van der Waals surface area contributed by atoms with Crippen LogP contribution in [-0.4, -0.2) is 25.6 Å². The van der Waals surface area contributed by atoms with Gasteiger partial charge in [-0.3, -0.25) is 10.1 Å². The minimum atomic E-state index is -0.380. The number of benzene rings is 2. The van der Waals surface area contributed by atoms with Gasteiger partial charge in [0.05, 0.1) is 4.92 Å². The quantitative estimate of drug-likeness (QED) is 0.653. The van der Waals surface area contributed by atoms with Crippen LogP contribution in [0.25, 0.3) is 0 Å². The molecule has 0 aliphatic heterocycles. The highest BCUT2D eigenvalue weighted by atomic mass is 16.6. The van der Waals surface area contributed by atoms with Gasteiger partial charge in [-0.25, -0.2) is 0 Å². The molecule has 0 spiro atoms. The number of hydrogen-bond acceptors (Lipinski definition) is 4. The topological polar surface area (TPSA) is 58.4 Å². The first-order chi connectivity index (χ1) is 10.1. The van der Waals surface area contributed by atoms with Gasteiger partial charge < -0.3 is 10.2 Å². The van der Waals surface area contributed by atoms with Crippen molar-refractivity contribution >= 4 is 17.1 Å². The fourth-order valence-corrected chi connectivity index (χ4v) is 2.03. The number of non-ortho nitro benzene ring substituents is 1. The lowest BCUT2D eigenvalue weighted by molar-refractivity contribution is -0.384. The molecule has 0 aromatic heterocycles. The van der Waals surface area contributed by atoms with Crippen LogP contribution < -0.4 is 10.2 Å². The SMILES string of the molecule is CN(C)c1cccc(NCCc2ccc([N+](=O)[O-])cc2)c1. The predicted molar refractivity (Wildman–Crippen MR) is 86.1 cm³/mol. The summed E-state index contributed by atoms with van der Waals surface area (Å²) < 4.78 is 0. The summed E-state index contributed by atoms with van der Waals surface area (Å²) in [4.78, 5) is 12.3. The Morgan fingerprint density at radius 1 is 1.14 bits per heavy atom. The number of nitrogens with one attached hydrogen (secondary N) is 1. The molecule has 21 heavy (non-hydrogen) atoms. The van der Waals surface area contributed by atoms with E-state index in [1.54, 1.807) is 24.3 Å². The van der Waals surface area contributed by atoms with E-state index in [4.69, 9.17) is 0 Å². The van der Waals surface area contributed by atoms with Gasteiger partial charge >= 0.3 is 0 Å². The Kier molecular flexibility index (Phi) is 4.77. The van der Waals surface area contributed by atoms with Crippen molar-refractivity contribution < 1.29 is 4.92 Å². The van der Waals surface area contributed by atoms with Crippen LogP contribution in [0.3, 0.4) is 0 Å². The number of hydrogen-bond donors (Lipinski definition) is 1. The van der Waals surface area contributed by atoms with Crippen molar-refractivity contribution in [1.82, 2.24) is 0 Å². The fraction of sp³-hybridized carbons (Fsp3) is 0.250. The van der Waals surface area contributed by atoms with Crippen molar-refractivity contribution in [1.29, 1.82) is 0 Å². The zero-order valence-corrected chi connectivity index (χ0v) is 12.2. The summed E-state index contributed by atoms with van der Waals surface area (Å²) >= 11 is 0. The van der Waals surface area contributed by atoms with Gasteiger partial charge in [0.15, 0.2) is 0 Å². The molecule has 0 saturated heterocycles. The van der Waals surface area contributed by atoms with E-state index in [9.17, 15) is 10.1 Å². The van der Waals surface area contributed by atoms with Crippen LogP contribution in [0.2, 0.25) is 0 Å². The van der Waals surface area contributed by atoms with Gasteiger partial charge in [0.25, 0.3) is 5.69 Å². The van der Waals surface area contributed by atoms with Crippen molar-refractivity contribution in [3.05, 3.63) is 64.2 Å². The molecule has 2 rings (SSSR count). The molecule has 0 fully saturated rings. The number of anilines is 2. The third kappa shape index (κ3) is 4.21. The molecule has 1 N–H and O–H groups in total. The van der Waals surface area contributed by atoms with E-state index >= 15 is 0 Å². The molecular formula is C16H19N3O2. The third-order valence-electron chi connectivity index (χ3n) is 3.25. The minimum absolute atomic E-state index is 0.130. The maximum absolute atomic E-state index is 10.6. The maximum Gasteiger partial charge on any atom is 0.269 e. The van der Waals surface area contributed by atoms with Crippen LogP contribution in [0.1, 0.15) is 5.56 Å². The van der Waals surface area contributed by atoms with Gasteiger partial charge in [0.2, 0.25) is 0 Å². The first-order valence-electron chi connectivity index (χ1n) is 6.81. The zero-order valence-electron chi connectivity index (χ0n) is 12.2. The molecule has 5 heteroatoms. The van der Waals surface area contributed by atoms with Gasteiger partial charge in [-0.2, -0.15) is 0 Å². The van der Waals surface area contributed by atoms with Crippen molar-refractivity contribution in [3.8, 4) is 0 Å². The lowest BCUT2D eigenvalue weighted by atomic mass is 10.1. The molecule has 0 unspecified atom stereocenters. The van der Waals surface area contributed by atoms with Crippen LogP contribution in [0.15, 0.2) is 48.5 Å². The molecule has 2 aromatic rings. The van der Waals surface area contributed by atoms with E-state index in [0.29, 0.717) is 0 Å². The number of nitro groups is 1. The maximum atomic E-state index is 10.6. The highest BCUT2D eigenvalue weighted by Crippen LogP contribution is 2.17. The Hall–Kier alpha value is -2.56. The average Bonchev–Trinajstić information content (AvgIpc) is 2.48. The van der Waals surface area contributed by atoms with E-state index in [1.807, 2.05) is 26.2 Å². The standard InChI is InChI=1S/C16H19N3O2/c1-18(2)16-5-3-4-14(12-16)17-11-10-13-6-8-15(9-7-13)19(20)21/h3-9,12,17H,10-11H2,1-2H3. The first kappa shape index (κ1) is 14.8. The summed E-state index contributed by atoms with van der Waals surface area (Å²) in [6.07, 6.45) is 0.824. The fourth-order valence-electron chi connectivity index (χ4n) is 2.03. The Morgan fingerprint density at radius 2 is 1.86 bits per heavy atom. The predicted octanol–water partition coefficient (Wildman–Crippen LogP) is 3.32. The van der Waals surface area contributed by atoms with Crippen molar-refractivity contribution in [2.24, 2.45) is 0 Å². The molecule has 0 aliphatic rings. The molecule has 0 aliphatic carbocycles. The van der Waals surface area contributed by atoms with Gasteiger partial charge in [0, 0.05) is 44.1 Å². The molecule has 0 amide bonds. The second kappa shape index (κ2) is 6.74. The summed E-state index contributed by atoms with van der Waals surface area (Å²) in [6, 6.07) is 14.9. The summed E-state index contributed by atoms with van der Waals surface area (Å²) in [5, 5.41) is 14.0. The second-order valence-electron chi connectivity index (χ2n) is 5.05. The molecule has 0 atom stereocenters. The second-order valence-corrected chi connectivity index (χ2v) is 5.05. The van der Waals surface area contributed by atoms with Gasteiger partial charge in [-0.15, -0.1) is 0 Å². The van der Waals surface area contributed by atoms with E-state index in [2.05, 4.69) is 22.3 Å². The molecular weight excluding hydrogens is 266 g/mol. The van der Waals surface area contributed by atoms with Crippen LogP contribution in [0.4, 0.5) is 17.1 Å². The minimum Gasteiger partial charge on any atom is -0.385 e. The summed E-state index contributed by atoms with van der Waals surface area (Å²) in [5.41, 5.74) is 3.43. The third-order valence-corrected chi connectivity index (χ3v) is 3.25. The molecule has 5 nitrogen and oxygen atoms in total. The molecule has 2 aromatic carbocycles. The smallest absolute Gasteiger partial charge is 0.269 e. The van der Waals surface area contributed by atoms with E-state index < -0.39 is 0 Å². The van der Waals surface area contributed by atoms with Crippen molar-refractivity contribution in [2.45, 2.75) is 6.42 Å². The number of rotatable bonds is 6. The molecule has 0 radical (unpaired) electrons. The first-order valence-corrected chi connectivity index (χ1v) is 6.81. The van der Waals surface area contributed by atoms with Crippen molar-refractivity contribution in [2.75, 3.05) is 30.9 Å². The summed E-state index contributed by atoms with van der Waals surface area (Å²) in [6.45, 7) is 0.786. The van der Waals surface area contributed by atoms with Gasteiger partial charge in [0.1, 0.15) is 0 Å². The van der Waals surface area contributed by atoms with Crippen LogP contribution in [-0.2, 0) is 6.42 Å². The Balaban J connectivity index is 1.89. The molecule has 0 bridgehead atoms. The molecule has 110 valence electrons. The normalized spacial score (nSPS) is 10.2. The summed E-state index contributed by atoms with van der Waals surface area (Å²) in [7, 11) is 4.02. The number of nitro benzene ring substituents is 1. The van der Waals surface area contributed by atoms with Gasteiger partial charge in [-0.1, -0.05) is 18.2 Å². The van der Waals surface area contributed by atoms with E-state index in [1.165, 1.54) is 0 Å². The van der Waals surface area contributed by atoms with Crippen LogP contribution >= 0.6 is 0 Å². The van der Waals surface area contributed by atoms with Gasteiger partial charge in [-0.05, 0) is 30.2 Å². The lowest BCUT2D eigenvalue weighted by Crippen LogP contribution is -2.10. The highest BCUT2D eigenvalue weighted by Gasteiger charge is 2.03. The Bertz CT molecular complexity index is 609.